The lowest BCUT2D eigenvalue weighted by Gasteiger charge is -2.03. The molecule has 2 nitrogen and oxygen atoms in total. The molecule has 0 aliphatic heterocycles. The lowest BCUT2D eigenvalue weighted by molar-refractivity contribution is 0.0989. The molecule has 0 aliphatic carbocycles. The summed E-state index contributed by atoms with van der Waals surface area (Å²) in [7, 11) is 1.66. The van der Waals surface area contributed by atoms with Crippen LogP contribution in [0.2, 0.25) is 0 Å². The van der Waals surface area contributed by atoms with Crippen LogP contribution >= 0.6 is 11.8 Å². The molecule has 0 unspecified atom stereocenters. The van der Waals surface area contributed by atoms with Crippen LogP contribution in [0.15, 0.2) is 23.1 Å². The van der Waals surface area contributed by atoms with Crippen molar-refractivity contribution in [2.24, 2.45) is 0 Å². The van der Waals surface area contributed by atoms with E-state index in [4.69, 9.17) is 0 Å². The van der Waals surface area contributed by atoms with Crippen molar-refractivity contribution in [3.63, 3.8) is 0 Å². The van der Waals surface area contributed by atoms with Gasteiger partial charge in [0.15, 0.2) is 5.78 Å². The summed E-state index contributed by atoms with van der Waals surface area (Å²) >= 11 is 1.45. The average molecular weight is 213 g/mol. The molecule has 0 amide bonds. The second-order valence-corrected chi connectivity index (χ2v) is 3.68. The maximum atomic E-state index is 13.3. The van der Waals surface area contributed by atoms with Crippen molar-refractivity contribution >= 4 is 17.5 Å². The van der Waals surface area contributed by atoms with E-state index in [0.717, 1.165) is 4.90 Å². The van der Waals surface area contributed by atoms with E-state index in [1.54, 1.807) is 13.1 Å². The number of nitrogens with one attached hydrogen (secondary N) is 1. The maximum absolute atomic E-state index is 13.3. The first-order chi connectivity index (χ1) is 6.69. The van der Waals surface area contributed by atoms with Crippen LogP contribution < -0.4 is 5.32 Å². The van der Waals surface area contributed by atoms with Crippen LogP contribution in [0.1, 0.15) is 10.4 Å². The Hall–Kier alpha value is -0.870. The molecular formula is C10H12FNOS. The van der Waals surface area contributed by atoms with Gasteiger partial charge >= 0.3 is 0 Å². The number of rotatable bonds is 4. The number of halogens is 1. The van der Waals surface area contributed by atoms with E-state index in [-0.39, 0.29) is 17.9 Å². The number of Topliss-reactive ketones (excluding diaryl/α,β-unsaturated/α-hetero) is 1. The van der Waals surface area contributed by atoms with E-state index in [1.165, 1.54) is 23.9 Å². The predicted octanol–water partition coefficient (Wildman–Crippen LogP) is 1.95. The molecule has 0 saturated carbocycles. The molecule has 0 heterocycles. The highest BCUT2D eigenvalue weighted by Gasteiger charge is 2.10. The van der Waals surface area contributed by atoms with Gasteiger partial charge in [-0.2, -0.15) is 0 Å². The van der Waals surface area contributed by atoms with Gasteiger partial charge < -0.3 is 5.32 Å². The van der Waals surface area contributed by atoms with Crippen molar-refractivity contribution in [1.82, 2.24) is 5.32 Å². The number of carbonyl (C=O) groups excluding carboxylic acids is 1. The molecule has 1 N–H and O–H groups in total. The molecule has 4 heteroatoms. The molecule has 0 saturated heterocycles. The SMILES string of the molecule is CNCC(=O)c1ccc(SC)cc1F. The molecule has 0 atom stereocenters. The Labute approximate surface area is 86.9 Å². The Balaban J connectivity index is 2.94. The van der Waals surface area contributed by atoms with Crippen molar-refractivity contribution < 1.29 is 9.18 Å². The zero-order valence-corrected chi connectivity index (χ0v) is 8.95. The summed E-state index contributed by atoms with van der Waals surface area (Å²) in [5.74, 6) is -0.672. The first kappa shape index (κ1) is 11.2. The van der Waals surface area contributed by atoms with E-state index in [0.29, 0.717) is 0 Å². The maximum Gasteiger partial charge on any atom is 0.179 e. The number of likely N-dealkylation sites (N-methyl/N-ethyl adjacent to an activating group) is 1. The van der Waals surface area contributed by atoms with Crippen molar-refractivity contribution in [2.75, 3.05) is 19.8 Å². The van der Waals surface area contributed by atoms with Crippen LogP contribution in [-0.2, 0) is 0 Å². The van der Waals surface area contributed by atoms with Crippen molar-refractivity contribution in [3.8, 4) is 0 Å². The van der Waals surface area contributed by atoms with E-state index in [9.17, 15) is 9.18 Å². The zero-order chi connectivity index (χ0) is 10.6. The normalized spacial score (nSPS) is 10.2. The summed E-state index contributed by atoms with van der Waals surface area (Å²) in [6.45, 7) is 0.162. The third-order valence-electron chi connectivity index (χ3n) is 1.81. The molecule has 14 heavy (non-hydrogen) atoms. The Morgan fingerprint density at radius 2 is 2.29 bits per heavy atom. The largest absolute Gasteiger partial charge is 0.313 e. The van der Waals surface area contributed by atoms with Gasteiger partial charge in [-0.25, -0.2) is 4.39 Å². The van der Waals surface area contributed by atoms with Gasteiger partial charge in [-0.15, -0.1) is 11.8 Å². The minimum atomic E-state index is -0.447. The molecule has 0 radical (unpaired) electrons. The Morgan fingerprint density at radius 1 is 1.57 bits per heavy atom. The monoisotopic (exact) mass is 213 g/mol. The fourth-order valence-corrected chi connectivity index (χ4v) is 1.53. The van der Waals surface area contributed by atoms with Crippen LogP contribution in [-0.4, -0.2) is 25.6 Å². The minimum Gasteiger partial charge on any atom is -0.313 e. The van der Waals surface area contributed by atoms with Crippen molar-refractivity contribution in [1.29, 1.82) is 0 Å². The van der Waals surface area contributed by atoms with Gasteiger partial charge in [-0.3, -0.25) is 4.79 Å². The predicted molar refractivity (Wildman–Crippen MR) is 56.4 cm³/mol. The molecule has 0 bridgehead atoms. The molecule has 0 spiro atoms. The van der Waals surface area contributed by atoms with Crippen LogP contribution in [0.4, 0.5) is 4.39 Å². The number of hydrogen-bond acceptors (Lipinski definition) is 3. The van der Waals surface area contributed by atoms with Gasteiger partial charge in [0.1, 0.15) is 5.82 Å². The second-order valence-electron chi connectivity index (χ2n) is 2.80. The topological polar surface area (TPSA) is 29.1 Å². The smallest absolute Gasteiger partial charge is 0.179 e. The zero-order valence-electron chi connectivity index (χ0n) is 8.13. The summed E-state index contributed by atoms with van der Waals surface area (Å²) in [6, 6.07) is 4.66. The van der Waals surface area contributed by atoms with Gasteiger partial charge in [-0.05, 0) is 31.5 Å². The molecule has 0 fully saturated rings. The summed E-state index contributed by atoms with van der Waals surface area (Å²) in [5.41, 5.74) is 0.150. The summed E-state index contributed by atoms with van der Waals surface area (Å²) in [5, 5.41) is 2.70. The van der Waals surface area contributed by atoms with Crippen LogP contribution in [0, 0.1) is 5.82 Å². The van der Waals surface area contributed by atoms with E-state index >= 15 is 0 Å². The highest BCUT2D eigenvalue weighted by atomic mass is 32.2. The lowest BCUT2D eigenvalue weighted by atomic mass is 10.1. The van der Waals surface area contributed by atoms with Crippen molar-refractivity contribution in [2.45, 2.75) is 4.90 Å². The average Bonchev–Trinajstić information content (AvgIpc) is 2.17. The first-order valence-electron chi connectivity index (χ1n) is 4.20. The van der Waals surface area contributed by atoms with E-state index in [1.807, 2.05) is 6.26 Å². The molecule has 1 rings (SSSR count). The van der Waals surface area contributed by atoms with Crippen LogP contribution in [0.3, 0.4) is 0 Å². The highest BCUT2D eigenvalue weighted by Crippen LogP contribution is 2.18. The van der Waals surface area contributed by atoms with E-state index < -0.39 is 5.82 Å². The number of benzene rings is 1. The summed E-state index contributed by atoms with van der Waals surface area (Å²) in [6.07, 6.45) is 1.86. The molecule has 0 aromatic heterocycles. The number of thioether (sulfide) groups is 1. The molecule has 76 valence electrons. The quantitative estimate of drug-likeness (QED) is 0.612. The Bertz CT molecular complexity index is 341. The second kappa shape index (κ2) is 5.12. The van der Waals surface area contributed by atoms with Gasteiger partial charge in [0.25, 0.3) is 0 Å². The highest BCUT2D eigenvalue weighted by molar-refractivity contribution is 7.98. The van der Waals surface area contributed by atoms with Crippen LogP contribution in [0.25, 0.3) is 0 Å². The molecule has 1 aromatic carbocycles. The fourth-order valence-electron chi connectivity index (χ4n) is 1.10. The number of hydrogen-bond donors (Lipinski definition) is 1. The minimum absolute atomic E-state index is 0.150. The van der Waals surface area contributed by atoms with Gasteiger partial charge in [0, 0.05) is 4.90 Å². The Morgan fingerprint density at radius 3 is 2.79 bits per heavy atom. The standard InChI is InChI=1S/C10H12FNOS/c1-12-6-10(13)8-4-3-7(14-2)5-9(8)11/h3-5,12H,6H2,1-2H3. The van der Waals surface area contributed by atoms with Crippen LogP contribution in [0.5, 0.6) is 0 Å². The molecular weight excluding hydrogens is 201 g/mol. The Kier molecular flexibility index (Phi) is 4.10. The fraction of sp³-hybridized carbons (Fsp3) is 0.300. The number of carbonyl (C=O) groups is 1. The first-order valence-corrected chi connectivity index (χ1v) is 5.43. The molecule has 0 aliphatic rings. The van der Waals surface area contributed by atoms with Crippen molar-refractivity contribution in [3.05, 3.63) is 29.6 Å². The third kappa shape index (κ3) is 2.56. The summed E-state index contributed by atoms with van der Waals surface area (Å²) in [4.78, 5) is 12.2. The van der Waals surface area contributed by atoms with Gasteiger partial charge in [0.05, 0.1) is 12.1 Å². The van der Waals surface area contributed by atoms with Gasteiger partial charge in [-0.1, -0.05) is 0 Å². The number of ketones is 1. The van der Waals surface area contributed by atoms with E-state index in [2.05, 4.69) is 5.32 Å². The lowest BCUT2D eigenvalue weighted by Crippen LogP contribution is -2.19. The summed E-state index contributed by atoms with van der Waals surface area (Å²) < 4.78 is 13.3. The third-order valence-corrected chi connectivity index (χ3v) is 2.54. The molecule has 1 aromatic rings. The van der Waals surface area contributed by atoms with Gasteiger partial charge in [0.2, 0.25) is 0 Å².